The summed E-state index contributed by atoms with van der Waals surface area (Å²) in [5.74, 6) is -0.190. The molecule has 1 aliphatic carbocycles. The van der Waals surface area contributed by atoms with Crippen LogP contribution in [0.2, 0.25) is 0 Å². The van der Waals surface area contributed by atoms with Gasteiger partial charge in [0, 0.05) is 22.4 Å². The van der Waals surface area contributed by atoms with Crippen molar-refractivity contribution >= 4 is 36.1 Å². The number of carbonyl (C=O) groups excluding carboxylic acids is 2. The molecule has 150 valence electrons. The Morgan fingerprint density at radius 3 is 2.55 bits per heavy atom. The summed E-state index contributed by atoms with van der Waals surface area (Å²) in [7, 11) is 5.61. The molecule has 2 radical (unpaired) electrons. The third-order valence-electron chi connectivity index (χ3n) is 5.79. The number of amides is 2. The molecule has 6 nitrogen and oxygen atoms in total. The van der Waals surface area contributed by atoms with Gasteiger partial charge in [0.15, 0.2) is 7.85 Å². The van der Waals surface area contributed by atoms with Crippen LogP contribution in [-0.2, 0) is 4.74 Å². The van der Waals surface area contributed by atoms with Crippen molar-refractivity contribution in [2.75, 3.05) is 0 Å². The largest absolute Gasteiger partial charge is 0.441 e. The van der Waals surface area contributed by atoms with Gasteiger partial charge in [0.2, 0.25) is 0 Å². The standard InChI is InChI=1S/C21H24BN3O3S/c1-21(2)17(13-6-4-3-5-7-13)25(20(27)28-21)15-10-8-14(9-11-15)23-18(26)16-12-29-19(22)24-16/h3-7,12,14-15,17H,8-11H2,1-2H3,(H,23,26)/t14?,15?,17-/m0/s1. The number of hydrogen-bond donors (Lipinski definition) is 1. The maximum atomic E-state index is 12.7. The highest BCUT2D eigenvalue weighted by Gasteiger charge is 2.51. The Balaban J connectivity index is 1.43. The highest BCUT2D eigenvalue weighted by atomic mass is 32.1. The third kappa shape index (κ3) is 4.03. The summed E-state index contributed by atoms with van der Waals surface area (Å²) in [4.78, 5) is 31.4. The molecule has 8 heteroatoms. The number of cyclic esters (lactones) is 1. The number of aromatic nitrogens is 1. The zero-order valence-electron chi connectivity index (χ0n) is 16.6. The van der Waals surface area contributed by atoms with E-state index in [9.17, 15) is 9.59 Å². The van der Waals surface area contributed by atoms with E-state index in [1.165, 1.54) is 11.3 Å². The van der Waals surface area contributed by atoms with E-state index in [1.807, 2.05) is 49.1 Å². The second-order valence-corrected chi connectivity index (χ2v) is 9.13. The summed E-state index contributed by atoms with van der Waals surface area (Å²) >= 11 is 1.26. The molecular weight excluding hydrogens is 385 g/mol. The summed E-state index contributed by atoms with van der Waals surface area (Å²) in [6.07, 6.45) is 3.00. The van der Waals surface area contributed by atoms with Gasteiger partial charge in [-0.15, -0.1) is 11.3 Å². The molecule has 29 heavy (non-hydrogen) atoms. The van der Waals surface area contributed by atoms with Gasteiger partial charge in [0.1, 0.15) is 11.3 Å². The van der Waals surface area contributed by atoms with Gasteiger partial charge in [-0.25, -0.2) is 9.78 Å². The SMILES string of the molecule is [B]c1nc(C(=O)NC2CCC(N3C(=O)OC(C)(C)[C@@H]3c3ccccc3)CC2)cs1. The van der Waals surface area contributed by atoms with Crippen molar-refractivity contribution in [3.05, 3.63) is 47.0 Å². The molecule has 1 aromatic carbocycles. The summed E-state index contributed by atoms with van der Waals surface area (Å²) in [5, 5.41) is 4.71. The minimum atomic E-state index is -0.589. The van der Waals surface area contributed by atoms with Gasteiger partial charge in [-0.05, 0) is 45.1 Å². The Kier molecular flexibility index (Phi) is 5.38. The molecule has 2 heterocycles. The number of nitrogens with one attached hydrogen (secondary N) is 1. The van der Waals surface area contributed by atoms with Gasteiger partial charge in [0.05, 0.1) is 6.04 Å². The first kappa shape index (κ1) is 19.9. The maximum Gasteiger partial charge on any atom is 0.411 e. The van der Waals surface area contributed by atoms with Gasteiger partial charge in [-0.3, -0.25) is 9.69 Å². The van der Waals surface area contributed by atoms with Crippen molar-refractivity contribution in [2.24, 2.45) is 0 Å². The maximum absolute atomic E-state index is 12.7. The predicted molar refractivity (Wildman–Crippen MR) is 113 cm³/mol. The van der Waals surface area contributed by atoms with E-state index in [4.69, 9.17) is 12.6 Å². The predicted octanol–water partition coefficient (Wildman–Crippen LogP) is 2.95. The van der Waals surface area contributed by atoms with Crippen molar-refractivity contribution in [1.82, 2.24) is 15.2 Å². The van der Waals surface area contributed by atoms with Gasteiger partial charge < -0.3 is 10.1 Å². The fourth-order valence-corrected chi connectivity index (χ4v) is 5.02. The highest BCUT2D eigenvalue weighted by Crippen LogP contribution is 2.44. The lowest BCUT2D eigenvalue weighted by Crippen LogP contribution is -2.46. The summed E-state index contributed by atoms with van der Waals surface area (Å²) in [5.41, 5.74) is 0.858. The number of rotatable bonds is 4. The lowest BCUT2D eigenvalue weighted by atomic mass is 9.86. The number of benzene rings is 1. The van der Waals surface area contributed by atoms with Crippen LogP contribution in [0.5, 0.6) is 0 Å². The zero-order chi connectivity index (χ0) is 20.6. The second-order valence-electron chi connectivity index (χ2n) is 8.24. The lowest BCUT2D eigenvalue weighted by Gasteiger charge is -2.38. The Hall–Kier alpha value is -2.35. The van der Waals surface area contributed by atoms with E-state index >= 15 is 0 Å². The van der Waals surface area contributed by atoms with Crippen LogP contribution in [0.4, 0.5) is 4.79 Å². The van der Waals surface area contributed by atoms with E-state index in [0.29, 0.717) is 10.6 Å². The van der Waals surface area contributed by atoms with Gasteiger partial charge >= 0.3 is 6.09 Å². The molecule has 1 N–H and O–H groups in total. The molecule has 2 amide bonds. The van der Waals surface area contributed by atoms with Crippen molar-refractivity contribution in [1.29, 1.82) is 0 Å². The normalized spacial score (nSPS) is 26.2. The van der Waals surface area contributed by atoms with E-state index in [0.717, 1.165) is 31.2 Å². The minimum Gasteiger partial charge on any atom is -0.441 e. The molecule has 4 rings (SSSR count). The van der Waals surface area contributed by atoms with Crippen LogP contribution in [0.25, 0.3) is 0 Å². The number of nitrogens with zero attached hydrogens (tertiary/aromatic N) is 2. The Bertz CT molecular complexity index is 894. The monoisotopic (exact) mass is 409 g/mol. The lowest BCUT2D eigenvalue weighted by molar-refractivity contribution is 0.0663. The van der Waals surface area contributed by atoms with Crippen LogP contribution < -0.4 is 10.2 Å². The fourth-order valence-electron chi connectivity index (χ4n) is 4.48. The molecule has 0 spiro atoms. The molecule has 1 aliphatic heterocycles. The van der Waals surface area contributed by atoms with Crippen molar-refractivity contribution in [3.8, 4) is 0 Å². The summed E-state index contributed by atoms with van der Waals surface area (Å²) in [6, 6.07) is 10.1. The first-order valence-corrected chi connectivity index (χ1v) is 10.8. The van der Waals surface area contributed by atoms with Gasteiger partial charge in [-0.1, -0.05) is 30.3 Å². The topological polar surface area (TPSA) is 71.5 Å². The summed E-state index contributed by atoms with van der Waals surface area (Å²) in [6.45, 7) is 3.93. The first-order chi connectivity index (χ1) is 13.8. The third-order valence-corrected chi connectivity index (χ3v) is 6.47. The Labute approximate surface area is 176 Å². The van der Waals surface area contributed by atoms with Crippen LogP contribution in [0, 0.1) is 0 Å². The molecule has 1 atom stereocenters. The molecule has 0 unspecified atom stereocenters. The average Bonchev–Trinajstić information content (AvgIpc) is 3.23. The van der Waals surface area contributed by atoms with E-state index in [-0.39, 0.29) is 30.1 Å². The number of thiazole rings is 1. The molecular formula is C21H24BN3O3S. The van der Waals surface area contributed by atoms with Crippen molar-refractivity contribution < 1.29 is 14.3 Å². The van der Waals surface area contributed by atoms with Gasteiger partial charge in [0.25, 0.3) is 5.91 Å². The van der Waals surface area contributed by atoms with E-state index in [1.54, 1.807) is 5.38 Å². The van der Waals surface area contributed by atoms with Crippen LogP contribution in [0.1, 0.15) is 61.6 Å². The highest BCUT2D eigenvalue weighted by molar-refractivity contribution is 7.17. The molecule has 0 bridgehead atoms. The Morgan fingerprint density at radius 2 is 1.93 bits per heavy atom. The smallest absolute Gasteiger partial charge is 0.411 e. The first-order valence-electron chi connectivity index (χ1n) is 9.93. The summed E-state index contributed by atoms with van der Waals surface area (Å²) < 4.78 is 5.73. The molecule has 2 aliphatic rings. The van der Waals surface area contributed by atoms with Gasteiger partial charge in [-0.2, -0.15) is 0 Å². The fraction of sp³-hybridized carbons (Fsp3) is 0.476. The average molecular weight is 409 g/mol. The van der Waals surface area contributed by atoms with Crippen LogP contribution in [0.15, 0.2) is 35.7 Å². The van der Waals surface area contributed by atoms with Crippen LogP contribution in [-0.4, -0.2) is 47.4 Å². The van der Waals surface area contributed by atoms with Crippen LogP contribution >= 0.6 is 11.3 Å². The molecule has 1 aromatic heterocycles. The molecule has 1 saturated carbocycles. The van der Waals surface area contributed by atoms with E-state index in [2.05, 4.69) is 10.3 Å². The molecule has 1 saturated heterocycles. The van der Waals surface area contributed by atoms with Crippen LogP contribution in [0.3, 0.4) is 0 Å². The number of hydrogen-bond acceptors (Lipinski definition) is 5. The zero-order valence-corrected chi connectivity index (χ0v) is 17.4. The van der Waals surface area contributed by atoms with Crippen molar-refractivity contribution in [2.45, 2.75) is 63.3 Å². The van der Waals surface area contributed by atoms with E-state index < -0.39 is 5.60 Å². The minimum absolute atomic E-state index is 0.0727. The molecule has 2 fully saturated rings. The second kappa shape index (κ2) is 7.82. The molecule has 2 aromatic rings. The van der Waals surface area contributed by atoms with Crippen molar-refractivity contribution in [3.63, 3.8) is 0 Å². The Morgan fingerprint density at radius 1 is 1.24 bits per heavy atom. The quantitative estimate of drug-likeness (QED) is 0.789. The number of carbonyl (C=O) groups is 2. The number of ether oxygens (including phenoxy) is 1.